The summed E-state index contributed by atoms with van der Waals surface area (Å²) in [6, 6.07) is 12.0. The van der Waals surface area contributed by atoms with Crippen molar-refractivity contribution >= 4 is 32.9 Å². The predicted molar refractivity (Wildman–Crippen MR) is 100.0 cm³/mol. The minimum atomic E-state index is -0.130. The van der Waals surface area contributed by atoms with Gasteiger partial charge in [0, 0.05) is 17.4 Å². The zero-order valence-electron chi connectivity index (χ0n) is 13.8. The highest BCUT2D eigenvalue weighted by atomic mass is 79.9. The molecule has 25 heavy (non-hydrogen) atoms. The molecule has 0 bridgehead atoms. The molecule has 0 spiro atoms. The number of amides is 1. The van der Waals surface area contributed by atoms with Gasteiger partial charge in [0.1, 0.15) is 17.1 Å². The van der Waals surface area contributed by atoms with E-state index in [1.54, 1.807) is 7.11 Å². The van der Waals surface area contributed by atoms with Crippen molar-refractivity contribution in [3.63, 3.8) is 0 Å². The third kappa shape index (κ3) is 3.02. The van der Waals surface area contributed by atoms with Crippen molar-refractivity contribution in [2.24, 2.45) is 0 Å². The molecular weight excluding hydrogens is 382 g/mol. The van der Waals surface area contributed by atoms with E-state index in [1.807, 2.05) is 24.3 Å². The number of ether oxygens (including phenoxy) is 1. The largest absolute Gasteiger partial charge is 0.494 e. The molecule has 3 aromatic rings. The second-order valence-corrected chi connectivity index (χ2v) is 7.12. The third-order valence-corrected chi connectivity index (χ3v) is 5.15. The van der Waals surface area contributed by atoms with Gasteiger partial charge < -0.3 is 15.0 Å². The second-order valence-electron chi connectivity index (χ2n) is 6.20. The van der Waals surface area contributed by atoms with E-state index in [0.29, 0.717) is 6.42 Å². The lowest BCUT2D eigenvalue weighted by molar-refractivity contribution is -0.120. The number of aromatic amines is 1. The van der Waals surface area contributed by atoms with Crippen LogP contribution in [0.3, 0.4) is 0 Å². The number of nitrogens with one attached hydrogen (secondary N) is 2. The zero-order chi connectivity index (χ0) is 17.4. The topological polar surface area (TPSA) is 67.0 Å². The molecule has 2 heterocycles. The van der Waals surface area contributed by atoms with Gasteiger partial charge in [-0.2, -0.15) is 0 Å². The molecule has 1 atom stereocenters. The van der Waals surface area contributed by atoms with Crippen LogP contribution >= 0.6 is 15.9 Å². The molecule has 1 fully saturated rings. The van der Waals surface area contributed by atoms with E-state index < -0.39 is 0 Å². The first-order valence-electron chi connectivity index (χ1n) is 8.23. The Hall–Kier alpha value is -2.34. The fraction of sp³-hybridized carbons (Fsp3) is 0.263. The highest BCUT2D eigenvalue weighted by Gasteiger charge is 2.28. The Morgan fingerprint density at radius 3 is 2.72 bits per heavy atom. The number of aromatic nitrogens is 2. The number of fused-ring (bicyclic) bond motifs is 1. The first-order valence-corrected chi connectivity index (χ1v) is 9.02. The summed E-state index contributed by atoms with van der Waals surface area (Å²) < 4.78 is 6.51. The number of hydrogen-bond acceptors (Lipinski definition) is 3. The van der Waals surface area contributed by atoms with E-state index in [1.165, 1.54) is 5.56 Å². The number of imidazole rings is 1. The molecule has 1 unspecified atom stereocenters. The molecule has 1 aliphatic rings. The first kappa shape index (κ1) is 16.1. The molecule has 0 aliphatic carbocycles. The van der Waals surface area contributed by atoms with E-state index in [4.69, 9.17) is 9.72 Å². The number of methoxy groups -OCH3 is 1. The number of H-pyrrole nitrogens is 1. The fourth-order valence-electron chi connectivity index (χ4n) is 3.36. The number of rotatable bonds is 4. The molecule has 2 aromatic carbocycles. The van der Waals surface area contributed by atoms with Crippen LogP contribution in [0.4, 0.5) is 0 Å². The molecule has 128 valence electrons. The normalized spacial score (nSPS) is 17.0. The number of nitrogens with zero attached hydrogens (tertiary/aromatic N) is 1. The van der Waals surface area contributed by atoms with Gasteiger partial charge in [0.15, 0.2) is 0 Å². The predicted octanol–water partition coefficient (Wildman–Crippen LogP) is 3.53. The standard InChI is InChI=1S/C19H18BrN3O2/c1-25-15-7-6-13(14-8-9-21-19(14)24)17-18(15)23-16(22-17)10-11-2-4-12(20)5-3-11/h2-7,14H,8-10H2,1H3,(H,21,24)(H,22,23). The number of halogens is 1. The lowest BCUT2D eigenvalue weighted by atomic mass is 9.96. The Morgan fingerprint density at radius 1 is 1.24 bits per heavy atom. The quantitative estimate of drug-likeness (QED) is 0.704. The van der Waals surface area contributed by atoms with E-state index in [9.17, 15) is 4.79 Å². The Labute approximate surface area is 153 Å². The van der Waals surface area contributed by atoms with E-state index >= 15 is 0 Å². The maximum atomic E-state index is 12.1. The van der Waals surface area contributed by atoms with Crippen LogP contribution < -0.4 is 10.1 Å². The molecule has 4 rings (SSSR count). The molecule has 2 N–H and O–H groups in total. The Balaban J connectivity index is 1.77. The van der Waals surface area contributed by atoms with Crippen LogP contribution in [-0.2, 0) is 11.2 Å². The van der Waals surface area contributed by atoms with Crippen LogP contribution in [-0.4, -0.2) is 29.5 Å². The third-order valence-electron chi connectivity index (χ3n) is 4.62. The number of carbonyl (C=O) groups is 1. The summed E-state index contributed by atoms with van der Waals surface area (Å²) in [5.74, 6) is 1.53. The smallest absolute Gasteiger partial charge is 0.227 e. The second kappa shape index (κ2) is 6.52. The summed E-state index contributed by atoms with van der Waals surface area (Å²) in [7, 11) is 1.64. The van der Waals surface area contributed by atoms with E-state index in [0.717, 1.165) is 45.6 Å². The summed E-state index contributed by atoms with van der Waals surface area (Å²) in [6.45, 7) is 0.719. The molecule has 6 heteroatoms. The molecule has 0 saturated carbocycles. The maximum absolute atomic E-state index is 12.1. The van der Waals surface area contributed by atoms with Crippen molar-refractivity contribution < 1.29 is 9.53 Å². The molecule has 1 aromatic heterocycles. The lowest BCUT2D eigenvalue weighted by Gasteiger charge is -2.10. The van der Waals surface area contributed by atoms with Gasteiger partial charge in [0.25, 0.3) is 0 Å². The van der Waals surface area contributed by atoms with Crippen LogP contribution in [0.15, 0.2) is 40.9 Å². The summed E-state index contributed by atoms with van der Waals surface area (Å²) >= 11 is 3.45. The van der Waals surface area contributed by atoms with E-state index in [2.05, 4.69) is 38.4 Å². The number of carbonyl (C=O) groups excluding carboxylic acids is 1. The monoisotopic (exact) mass is 399 g/mol. The van der Waals surface area contributed by atoms with Crippen molar-refractivity contribution in [1.82, 2.24) is 15.3 Å². The Morgan fingerprint density at radius 2 is 2.04 bits per heavy atom. The average Bonchev–Trinajstić information content (AvgIpc) is 3.22. The summed E-state index contributed by atoms with van der Waals surface area (Å²) in [4.78, 5) is 20.3. The lowest BCUT2D eigenvalue weighted by Crippen LogP contribution is -2.18. The van der Waals surface area contributed by atoms with Gasteiger partial charge in [-0.1, -0.05) is 34.1 Å². The van der Waals surface area contributed by atoms with Crippen molar-refractivity contribution in [2.75, 3.05) is 13.7 Å². The van der Waals surface area contributed by atoms with Crippen LogP contribution in [0.5, 0.6) is 5.75 Å². The van der Waals surface area contributed by atoms with Gasteiger partial charge in [-0.15, -0.1) is 0 Å². The first-order chi connectivity index (χ1) is 12.2. The molecule has 5 nitrogen and oxygen atoms in total. The fourth-order valence-corrected chi connectivity index (χ4v) is 3.63. The van der Waals surface area contributed by atoms with Crippen LogP contribution in [0, 0.1) is 0 Å². The highest BCUT2D eigenvalue weighted by molar-refractivity contribution is 9.10. The van der Waals surface area contributed by atoms with Gasteiger partial charge in [-0.25, -0.2) is 4.98 Å². The SMILES string of the molecule is COc1ccc(C2CCNC2=O)c2[nH]c(Cc3ccc(Br)cc3)nc12. The van der Waals surface area contributed by atoms with Crippen LogP contribution in [0.2, 0.25) is 0 Å². The molecule has 0 radical (unpaired) electrons. The minimum Gasteiger partial charge on any atom is -0.494 e. The van der Waals surface area contributed by atoms with Crippen molar-refractivity contribution in [3.8, 4) is 5.75 Å². The van der Waals surface area contributed by atoms with Crippen molar-refractivity contribution in [2.45, 2.75) is 18.8 Å². The van der Waals surface area contributed by atoms with E-state index in [-0.39, 0.29) is 11.8 Å². The average molecular weight is 400 g/mol. The molecular formula is C19H18BrN3O2. The van der Waals surface area contributed by atoms with Crippen molar-refractivity contribution in [1.29, 1.82) is 0 Å². The number of hydrogen-bond donors (Lipinski definition) is 2. The zero-order valence-corrected chi connectivity index (χ0v) is 15.4. The Bertz CT molecular complexity index is 934. The van der Waals surface area contributed by atoms with Gasteiger partial charge >= 0.3 is 0 Å². The van der Waals surface area contributed by atoms with Crippen LogP contribution in [0.1, 0.15) is 29.3 Å². The van der Waals surface area contributed by atoms with Gasteiger partial charge in [0.2, 0.25) is 5.91 Å². The van der Waals surface area contributed by atoms with Gasteiger partial charge in [0.05, 0.1) is 18.5 Å². The Kier molecular flexibility index (Phi) is 4.21. The summed E-state index contributed by atoms with van der Waals surface area (Å²) in [5.41, 5.74) is 3.84. The summed E-state index contributed by atoms with van der Waals surface area (Å²) in [5, 5.41) is 2.90. The highest BCUT2D eigenvalue weighted by Crippen LogP contribution is 2.34. The van der Waals surface area contributed by atoms with Gasteiger partial charge in [-0.3, -0.25) is 4.79 Å². The molecule has 1 amide bonds. The molecule has 1 aliphatic heterocycles. The minimum absolute atomic E-state index is 0.0792. The van der Waals surface area contributed by atoms with Gasteiger partial charge in [-0.05, 0) is 35.7 Å². The van der Waals surface area contributed by atoms with Crippen LogP contribution in [0.25, 0.3) is 11.0 Å². The van der Waals surface area contributed by atoms with Crippen molar-refractivity contribution in [3.05, 3.63) is 57.8 Å². The number of benzene rings is 2. The molecule has 1 saturated heterocycles. The maximum Gasteiger partial charge on any atom is 0.227 e. The summed E-state index contributed by atoms with van der Waals surface area (Å²) in [6.07, 6.45) is 1.50.